The van der Waals surface area contributed by atoms with E-state index in [-0.39, 0.29) is 11.5 Å². The molecule has 1 spiro atoms. The van der Waals surface area contributed by atoms with Crippen molar-refractivity contribution in [3.63, 3.8) is 0 Å². The lowest BCUT2D eigenvalue weighted by Gasteiger charge is -2.61. The molecule has 4 fully saturated rings. The zero-order chi connectivity index (χ0) is 16.6. The maximum Gasteiger partial charge on any atom is 0.193 e. The monoisotopic (exact) mass is 332 g/mol. The molecule has 24 heavy (non-hydrogen) atoms. The van der Waals surface area contributed by atoms with Crippen molar-refractivity contribution < 1.29 is 14.6 Å². The molecule has 3 saturated carbocycles. The van der Waals surface area contributed by atoms with E-state index in [1.54, 1.807) is 0 Å². The molecule has 3 heteroatoms. The Hall–Kier alpha value is -0.380. The van der Waals surface area contributed by atoms with Gasteiger partial charge in [0.1, 0.15) is 0 Å². The van der Waals surface area contributed by atoms with Crippen LogP contribution in [-0.4, -0.2) is 30.2 Å². The zero-order valence-corrected chi connectivity index (χ0v) is 15.2. The molecule has 5 aliphatic rings. The van der Waals surface area contributed by atoms with Crippen molar-refractivity contribution >= 4 is 0 Å². The van der Waals surface area contributed by atoms with Crippen molar-refractivity contribution in [1.82, 2.24) is 0 Å². The van der Waals surface area contributed by atoms with Crippen molar-refractivity contribution in [2.45, 2.75) is 70.7 Å². The Kier molecular flexibility index (Phi) is 3.35. The first-order valence-corrected chi connectivity index (χ1v) is 10.1. The number of ether oxygens (including phenoxy) is 2. The van der Waals surface area contributed by atoms with Gasteiger partial charge in [-0.25, -0.2) is 0 Å². The molecule has 1 aliphatic heterocycles. The van der Waals surface area contributed by atoms with E-state index in [2.05, 4.69) is 26.0 Å². The Morgan fingerprint density at radius 3 is 2.58 bits per heavy atom. The molecule has 1 saturated heterocycles. The first kappa shape index (κ1) is 15.8. The van der Waals surface area contributed by atoms with Gasteiger partial charge in [0.05, 0.1) is 19.3 Å². The predicted octanol–water partition coefficient (Wildman–Crippen LogP) is 3.91. The average molecular weight is 332 g/mol. The van der Waals surface area contributed by atoms with Crippen LogP contribution in [0.4, 0.5) is 0 Å². The highest BCUT2D eigenvalue weighted by Gasteiger charge is 2.65. The molecule has 0 aromatic carbocycles. The van der Waals surface area contributed by atoms with Crippen LogP contribution in [-0.2, 0) is 9.47 Å². The second kappa shape index (κ2) is 5.08. The van der Waals surface area contributed by atoms with E-state index in [4.69, 9.17) is 9.47 Å². The molecule has 3 nitrogen and oxygen atoms in total. The molecule has 5 rings (SSSR count). The summed E-state index contributed by atoms with van der Waals surface area (Å²) in [6, 6.07) is 0. The van der Waals surface area contributed by atoms with E-state index in [0.29, 0.717) is 11.3 Å². The molecule has 0 amide bonds. The van der Waals surface area contributed by atoms with Crippen LogP contribution in [0.5, 0.6) is 0 Å². The van der Waals surface area contributed by atoms with E-state index >= 15 is 0 Å². The summed E-state index contributed by atoms with van der Waals surface area (Å²) >= 11 is 0. The van der Waals surface area contributed by atoms with E-state index < -0.39 is 5.79 Å². The van der Waals surface area contributed by atoms with Crippen molar-refractivity contribution in [2.24, 2.45) is 34.5 Å². The normalized spacial score (nSPS) is 55.2. The van der Waals surface area contributed by atoms with Crippen LogP contribution < -0.4 is 0 Å². The Labute approximate surface area is 145 Å². The summed E-state index contributed by atoms with van der Waals surface area (Å²) in [6.45, 7) is 6.43. The third kappa shape index (κ3) is 1.84. The summed E-state index contributed by atoms with van der Waals surface area (Å²) in [5, 5.41) is 10.1. The Morgan fingerprint density at radius 2 is 1.79 bits per heavy atom. The van der Waals surface area contributed by atoms with Crippen LogP contribution in [0.15, 0.2) is 12.2 Å². The Bertz CT molecular complexity index is 551. The molecule has 0 aromatic heterocycles. The summed E-state index contributed by atoms with van der Waals surface area (Å²) in [7, 11) is 0. The second-order valence-electron chi connectivity index (χ2n) is 9.68. The number of aliphatic hydroxyl groups is 1. The fraction of sp³-hybridized carbons (Fsp3) is 0.905. The molecular formula is C21H32O3. The van der Waals surface area contributed by atoms with Gasteiger partial charge >= 0.3 is 0 Å². The molecule has 4 aliphatic carbocycles. The van der Waals surface area contributed by atoms with Gasteiger partial charge in [-0.15, -0.1) is 0 Å². The minimum atomic E-state index is -0.441. The third-order valence-electron chi connectivity index (χ3n) is 8.92. The van der Waals surface area contributed by atoms with Crippen molar-refractivity contribution in [2.75, 3.05) is 13.2 Å². The fourth-order valence-corrected chi connectivity index (χ4v) is 7.52. The molecular weight excluding hydrogens is 300 g/mol. The van der Waals surface area contributed by atoms with Crippen molar-refractivity contribution in [3.8, 4) is 0 Å². The Balaban J connectivity index is 1.46. The molecule has 1 heterocycles. The third-order valence-corrected chi connectivity index (χ3v) is 8.92. The highest BCUT2D eigenvalue weighted by molar-refractivity contribution is 5.24. The first-order chi connectivity index (χ1) is 11.5. The van der Waals surface area contributed by atoms with Crippen molar-refractivity contribution in [3.05, 3.63) is 12.2 Å². The summed E-state index contributed by atoms with van der Waals surface area (Å²) in [5.41, 5.74) is 0.548. The smallest absolute Gasteiger partial charge is 0.193 e. The topological polar surface area (TPSA) is 38.7 Å². The average Bonchev–Trinajstić information content (AvgIpc) is 3.15. The van der Waals surface area contributed by atoms with Crippen LogP contribution in [0.25, 0.3) is 0 Å². The number of fused-ring (bicyclic) bond motifs is 6. The number of hydrogen-bond acceptors (Lipinski definition) is 3. The number of hydrogen-bond donors (Lipinski definition) is 1. The molecule has 0 unspecified atom stereocenters. The molecule has 0 radical (unpaired) electrons. The number of allylic oxidation sites excluding steroid dienone is 1. The highest BCUT2D eigenvalue weighted by atomic mass is 16.7. The first-order valence-electron chi connectivity index (χ1n) is 10.1. The summed E-state index contributed by atoms with van der Waals surface area (Å²) in [6.07, 6.45) is 13.0. The van der Waals surface area contributed by atoms with Gasteiger partial charge < -0.3 is 14.6 Å². The lowest BCUT2D eigenvalue weighted by atomic mass is 9.45. The van der Waals surface area contributed by atoms with Gasteiger partial charge in [-0.2, -0.15) is 0 Å². The minimum absolute atomic E-state index is 0.0524. The van der Waals surface area contributed by atoms with Crippen LogP contribution in [0, 0.1) is 34.5 Å². The highest BCUT2D eigenvalue weighted by Crippen LogP contribution is 2.67. The number of rotatable bonds is 0. The van der Waals surface area contributed by atoms with Gasteiger partial charge in [-0.1, -0.05) is 19.9 Å². The molecule has 1 N–H and O–H groups in total. The summed E-state index contributed by atoms with van der Waals surface area (Å²) in [5.74, 6) is 2.46. The van der Waals surface area contributed by atoms with Gasteiger partial charge in [0, 0.05) is 5.41 Å². The minimum Gasteiger partial charge on any atom is -0.393 e. The maximum absolute atomic E-state index is 10.1. The summed E-state index contributed by atoms with van der Waals surface area (Å²) in [4.78, 5) is 0. The van der Waals surface area contributed by atoms with Crippen LogP contribution in [0.2, 0.25) is 0 Å². The maximum atomic E-state index is 10.1. The summed E-state index contributed by atoms with van der Waals surface area (Å²) < 4.78 is 12.3. The van der Waals surface area contributed by atoms with E-state index in [9.17, 15) is 5.11 Å². The van der Waals surface area contributed by atoms with Gasteiger partial charge in [-0.3, -0.25) is 0 Å². The SMILES string of the molecule is C[C@@]12CC[C@@H](O)C[C@H]1CC[C@H]1[C@H]2CC[C@]2(C)[C@@H]1C=CC21OCCO1. The van der Waals surface area contributed by atoms with Gasteiger partial charge in [-0.05, 0) is 80.1 Å². The largest absolute Gasteiger partial charge is 0.393 e. The van der Waals surface area contributed by atoms with E-state index in [1.165, 1.54) is 32.1 Å². The molecule has 0 aromatic rings. The van der Waals surface area contributed by atoms with E-state index in [0.717, 1.165) is 43.8 Å². The molecule has 134 valence electrons. The second-order valence-corrected chi connectivity index (χ2v) is 9.68. The predicted molar refractivity (Wildman–Crippen MR) is 92.3 cm³/mol. The van der Waals surface area contributed by atoms with Gasteiger partial charge in [0.2, 0.25) is 0 Å². The Morgan fingerprint density at radius 1 is 1.00 bits per heavy atom. The van der Waals surface area contributed by atoms with Crippen molar-refractivity contribution in [1.29, 1.82) is 0 Å². The molecule has 0 bridgehead atoms. The molecule has 7 atom stereocenters. The van der Waals surface area contributed by atoms with Crippen LogP contribution >= 0.6 is 0 Å². The van der Waals surface area contributed by atoms with Gasteiger partial charge in [0.25, 0.3) is 0 Å². The quantitative estimate of drug-likeness (QED) is 0.684. The lowest BCUT2D eigenvalue weighted by Crippen LogP contribution is -2.57. The van der Waals surface area contributed by atoms with Gasteiger partial charge in [0.15, 0.2) is 5.79 Å². The lowest BCUT2D eigenvalue weighted by molar-refractivity contribution is -0.230. The standard InChI is InChI=1S/C21H32O3/c1-19-8-5-15(22)13-14(19)3-4-16-17(19)6-9-20(2)18(16)7-10-21(20)23-11-12-24-21/h7,10,14-18,22H,3-6,8-9,11-13H2,1-2H3/t14-,15-,16+,17-,18-,19-,20-/m1/s1. The van der Waals surface area contributed by atoms with Crippen LogP contribution in [0.1, 0.15) is 58.8 Å². The fourth-order valence-electron chi connectivity index (χ4n) is 7.52. The zero-order valence-electron chi connectivity index (χ0n) is 15.2. The van der Waals surface area contributed by atoms with Crippen LogP contribution in [0.3, 0.4) is 0 Å². The van der Waals surface area contributed by atoms with E-state index in [1.807, 2.05) is 0 Å². The number of aliphatic hydroxyl groups excluding tert-OH is 1.